The monoisotopic (exact) mass is 384 g/mol. The number of carbonyl (C=O) groups excluding carboxylic acids is 1. The average molecular weight is 385 g/mol. The van der Waals surface area contributed by atoms with Crippen LogP contribution in [0.2, 0.25) is 5.02 Å². The van der Waals surface area contributed by atoms with Crippen LogP contribution in [0.5, 0.6) is 0 Å². The van der Waals surface area contributed by atoms with Crippen molar-refractivity contribution in [2.75, 3.05) is 0 Å². The van der Waals surface area contributed by atoms with Crippen molar-refractivity contribution in [3.63, 3.8) is 0 Å². The Morgan fingerprint density at radius 2 is 1.93 bits per heavy atom. The number of aromatic amines is 1. The molecule has 0 spiro atoms. The average Bonchev–Trinajstić information content (AvgIpc) is 2.99. The summed E-state index contributed by atoms with van der Waals surface area (Å²) in [5.41, 5.74) is 2.35. The minimum Gasteiger partial charge on any atom is -0.477 e. The Morgan fingerprint density at radius 1 is 1.19 bits per heavy atom. The Morgan fingerprint density at radius 3 is 2.63 bits per heavy atom. The molecule has 1 unspecified atom stereocenters. The van der Waals surface area contributed by atoms with E-state index in [-0.39, 0.29) is 24.1 Å². The zero-order chi connectivity index (χ0) is 19.4. The van der Waals surface area contributed by atoms with E-state index < -0.39 is 5.97 Å². The number of carboxylic acid groups (broad SMARTS) is 1. The Labute approximate surface area is 162 Å². The fraction of sp³-hybridized carbons (Fsp3) is 0.238. The van der Waals surface area contributed by atoms with Gasteiger partial charge in [0.05, 0.1) is 6.42 Å². The van der Waals surface area contributed by atoms with Crippen molar-refractivity contribution in [1.29, 1.82) is 0 Å². The van der Waals surface area contributed by atoms with Crippen LogP contribution in [0.1, 0.15) is 35.0 Å². The lowest BCUT2D eigenvalue weighted by molar-refractivity contribution is -0.121. The number of amides is 1. The Bertz CT molecular complexity index is 966. The van der Waals surface area contributed by atoms with E-state index in [4.69, 9.17) is 11.6 Å². The fourth-order valence-corrected chi connectivity index (χ4v) is 3.34. The Hall–Kier alpha value is -2.79. The lowest BCUT2D eigenvalue weighted by Gasteiger charge is -2.14. The molecule has 1 amide bonds. The van der Waals surface area contributed by atoms with E-state index in [0.29, 0.717) is 21.5 Å². The van der Waals surface area contributed by atoms with Crippen molar-refractivity contribution in [1.82, 2.24) is 10.3 Å². The number of carbonyl (C=O) groups is 2. The maximum Gasteiger partial charge on any atom is 0.352 e. The summed E-state index contributed by atoms with van der Waals surface area (Å²) in [5.74, 6) is -1.30. The molecule has 1 aromatic heterocycles. The molecule has 0 aliphatic carbocycles. The van der Waals surface area contributed by atoms with Crippen LogP contribution in [0.25, 0.3) is 10.9 Å². The van der Waals surface area contributed by atoms with E-state index in [0.717, 1.165) is 12.8 Å². The molecule has 3 N–H and O–H groups in total. The SMILES string of the molecule is CC(CCc1ccccc1)NC(=O)Cc1c(C(=O)O)[nH]c2ccc(Cl)cc12. The molecule has 140 valence electrons. The topological polar surface area (TPSA) is 82.2 Å². The quantitative estimate of drug-likeness (QED) is 0.571. The van der Waals surface area contributed by atoms with Crippen LogP contribution in [-0.2, 0) is 17.6 Å². The number of carboxylic acids is 1. The highest BCUT2D eigenvalue weighted by molar-refractivity contribution is 6.31. The van der Waals surface area contributed by atoms with Gasteiger partial charge in [0.15, 0.2) is 0 Å². The van der Waals surface area contributed by atoms with Gasteiger partial charge in [-0.1, -0.05) is 41.9 Å². The van der Waals surface area contributed by atoms with Crippen molar-refractivity contribution in [3.05, 3.63) is 70.4 Å². The van der Waals surface area contributed by atoms with Crippen molar-refractivity contribution in [2.45, 2.75) is 32.2 Å². The van der Waals surface area contributed by atoms with E-state index in [9.17, 15) is 14.7 Å². The first-order chi connectivity index (χ1) is 12.9. The van der Waals surface area contributed by atoms with Gasteiger partial charge in [-0.15, -0.1) is 0 Å². The largest absolute Gasteiger partial charge is 0.477 e. The summed E-state index contributed by atoms with van der Waals surface area (Å²) in [6.07, 6.45) is 1.66. The number of rotatable bonds is 7. The van der Waals surface area contributed by atoms with Crippen molar-refractivity contribution in [2.24, 2.45) is 0 Å². The van der Waals surface area contributed by atoms with Gasteiger partial charge in [-0.05, 0) is 43.5 Å². The summed E-state index contributed by atoms with van der Waals surface area (Å²) >= 11 is 6.04. The number of aryl methyl sites for hydroxylation is 1. The van der Waals surface area contributed by atoms with Gasteiger partial charge in [-0.3, -0.25) is 4.79 Å². The van der Waals surface area contributed by atoms with Gasteiger partial charge in [0.2, 0.25) is 5.91 Å². The normalized spacial score (nSPS) is 12.1. The van der Waals surface area contributed by atoms with Gasteiger partial charge in [0, 0.05) is 27.5 Å². The third-order valence-corrected chi connectivity index (χ3v) is 4.77. The molecule has 2 aromatic carbocycles. The zero-order valence-corrected chi connectivity index (χ0v) is 15.7. The predicted molar refractivity (Wildman–Crippen MR) is 106 cm³/mol. The number of fused-ring (bicyclic) bond motifs is 1. The molecule has 3 rings (SSSR count). The van der Waals surface area contributed by atoms with E-state index in [1.165, 1.54) is 5.56 Å². The van der Waals surface area contributed by atoms with Gasteiger partial charge >= 0.3 is 5.97 Å². The first-order valence-corrected chi connectivity index (χ1v) is 9.18. The number of hydrogen-bond donors (Lipinski definition) is 3. The van der Waals surface area contributed by atoms with Crippen LogP contribution >= 0.6 is 11.6 Å². The molecule has 0 saturated heterocycles. The molecule has 1 atom stereocenters. The Balaban J connectivity index is 1.69. The third-order valence-electron chi connectivity index (χ3n) is 4.54. The maximum absolute atomic E-state index is 12.5. The first-order valence-electron chi connectivity index (χ1n) is 8.80. The molecule has 0 bridgehead atoms. The highest BCUT2D eigenvalue weighted by Crippen LogP contribution is 2.26. The van der Waals surface area contributed by atoms with E-state index >= 15 is 0 Å². The summed E-state index contributed by atoms with van der Waals surface area (Å²) in [5, 5.41) is 13.6. The van der Waals surface area contributed by atoms with E-state index in [1.807, 2.05) is 25.1 Å². The summed E-state index contributed by atoms with van der Waals surface area (Å²) in [7, 11) is 0. The van der Waals surface area contributed by atoms with Crippen LogP contribution in [0.3, 0.4) is 0 Å². The fourth-order valence-electron chi connectivity index (χ4n) is 3.17. The molecule has 27 heavy (non-hydrogen) atoms. The van der Waals surface area contributed by atoms with Gasteiger partial charge in [0.1, 0.15) is 5.69 Å². The summed E-state index contributed by atoms with van der Waals surface area (Å²) in [4.78, 5) is 26.9. The van der Waals surface area contributed by atoms with Crippen LogP contribution in [-0.4, -0.2) is 28.0 Å². The number of halogens is 1. The minimum absolute atomic E-state index is 0.0141. The highest BCUT2D eigenvalue weighted by Gasteiger charge is 2.20. The summed E-state index contributed by atoms with van der Waals surface area (Å²) in [6, 6.07) is 15.1. The number of aromatic nitrogens is 1. The smallest absolute Gasteiger partial charge is 0.352 e. The first kappa shape index (κ1) is 19.0. The van der Waals surface area contributed by atoms with Gasteiger partial charge in [-0.2, -0.15) is 0 Å². The van der Waals surface area contributed by atoms with Crippen molar-refractivity contribution >= 4 is 34.4 Å². The predicted octanol–water partition coefficient (Wildman–Crippen LogP) is 4.20. The molecule has 6 heteroatoms. The molecule has 0 fully saturated rings. The molecule has 1 heterocycles. The number of benzene rings is 2. The second-order valence-corrected chi connectivity index (χ2v) is 7.08. The molecular weight excluding hydrogens is 364 g/mol. The van der Waals surface area contributed by atoms with Crippen LogP contribution in [0.4, 0.5) is 0 Å². The second kappa shape index (κ2) is 8.27. The van der Waals surface area contributed by atoms with Gasteiger partial charge < -0.3 is 15.4 Å². The minimum atomic E-state index is -1.10. The Kier molecular flexibility index (Phi) is 5.81. The lowest BCUT2D eigenvalue weighted by Crippen LogP contribution is -2.34. The molecular formula is C21H21ClN2O3. The van der Waals surface area contributed by atoms with E-state index in [2.05, 4.69) is 22.4 Å². The van der Waals surface area contributed by atoms with Crippen molar-refractivity contribution in [3.8, 4) is 0 Å². The lowest BCUT2D eigenvalue weighted by atomic mass is 10.0. The zero-order valence-electron chi connectivity index (χ0n) is 15.0. The summed E-state index contributed by atoms with van der Waals surface area (Å²) in [6.45, 7) is 1.95. The molecule has 0 aliphatic heterocycles. The third kappa shape index (κ3) is 4.68. The van der Waals surface area contributed by atoms with Crippen LogP contribution < -0.4 is 5.32 Å². The van der Waals surface area contributed by atoms with E-state index in [1.54, 1.807) is 18.2 Å². The summed E-state index contributed by atoms with van der Waals surface area (Å²) < 4.78 is 0. The van der Waals surface area contributed by atoms with Crippen molar-refractivity contribution < 1.29 is 14.7 Å². The number of H-pyrrole nitrogens is 1. The number of nitrogens with one attached hydrogen (secondary N) is 2. The molecule has 3 aromatic rings. The number of aromatic carboxylic acids is 1. The van der Waals surface area contributed by atoms with Gasteiger partial charge in [-0.25, -0.2) is 4.79 Å². The highest BCUT2D eigenvalue weighted by atomic mass is 35.5. The van der Waals surface area contributed by atoms with Gasteiger partial charge in [0.25, 0.3) is 0 Å². The molecule has 0 saturated carbocycles. The number of hydrogen-bond acceptors (Lipinski definition) is 2. The second-order valence-electron chi connectivity index (χ2n) is 6.64. The molecule has 0 aliphatic rings. The standard InChI is InChI=1S/C21H21ClN2O3/c1-13(7-8-14-5-3-2-4-6-14)23-19(25)12-17-16-11-15(22)9-10-18(16)24-20(17)21(26)27/h2-6,9-11,13,24H,7-8,12H2,1H3,(H,23,25)(H,26,27). The molecule has 5 nitrogen and oxygen atoms in total. The maximum atomic E-state index is 12.5. The van der Waals surface area contributed by atoms with Crippen LogP contribution in [0.15, 0.2) is 48.5 Å². The van der Waals surface area contributed by atoms with Crippen LogP contribution in [0, 0.1) is 0 Å². The molecule has 0 radical (unpaired) electrons.